The Balaban J connectivity index is 1.85. The molecule has 0 radical (unpaired) electrons. The monoisotopic (exact) mass is 338 g/mol. The Morgan fingerprint density at radius 3 is 2.95 bits per heavy atom. The van der Waals surface area contributed by atoms with Crippen molar-refractivity contribution in [1.29, 1.82) is 0 Å². The number of hydrogen-bond acceptors (Lipinski definition) is 3. The molecule has 1 aliphatic heterocycles. The Bertz CT molecular complexity index is 584. The minimum absolute atomic E-state index is 0.0137. The van der Waals surface area contributed by atoms with E-state index in [0.29, 0.717) is 27.4 Å². The van der Waals surface area contributed by atoms with Crippen molar-refractivity contribution in [3.8, 4) is 5.75 Å². The van der Waals surface area contributed by atoms with Gasteiger partial charge in [0, 0.05) is 18.1 Å². The van der Waals surface area contributed by atoms with Crippen molar-refractivity contribution in [2.24, 2.45) is 5.92 Å². The van der Waals surface area contributed by atoms with Crippen molar-refractivity contribution >= 4 is 33.4 Å². The van der Waals surface area contributed by atoms with E-state index >= 15 is 0 Å². The number of amides is 2. The Morgan fingerprint density at radius 2 is 2.25 bits per heavy atom. The summed E-state index contributed by atoms with van der Waals surface area (Å²) >= 11 is 3.39. The summed E-state index contributed by atoms with van der Waals surface area (Å²) < 4.78 is 6.01. The molecule has 1 aromatic carbocycles. The summed E-state index contributed by atoms with van der Waals surface area (Å²) in [7, 11) is 1.81. The molecule has 1 fully saturated rings. The van der Waals surface area contributed by atoms with Crippen molar-refractivity contribution in [1.82, 2.24) is 4.90 Å². The van der Waals surface area contributed by atoms with E-state index in [0.717, 1.165) is 6.54 Å². The van der Waals surface area contributed by atoms with Gasteiger partial charge in [0.05, 0.1) is 11.3 Å². The number of ether oxygens (including phenoxy) is 1. The standard InChI is InChI=1S/C14H15BrN2O3/c1-17(6-8-2-3-8)14(19)9-4-12-11(5-10(9)15)16-13(18)7-20-12/h4-5,8H,2-3,6-7H2,1H3,(H,16,18). The van der Waals surface area contributed by atoms with Gasteiger partial charge in [0.25, 0.3) is 11.8 Å². The van der Waals surface area contributed by atoms with E-state index in [-0.39, 0.29) is 18.4 Å². The zero-order valence-corrected chi connectivity index (χ0v) is 12.7. The Hall–Kier alpha value is -1.56. The molecule has 0 saturated heterocycles. The molecule has 1 heterocycles. The van der Waals surface area contributed by atoms with Crippen molar-refractivity contribution < 1.29 is 14.3 Å². The van der Waals surface area contributed by atoms with Crippen LogP contribution in [0.15, 0.2) is 16.6 Å². The molecule has 0 bridgehead atoms. The molecular weight excluding hydrogens is 324 g/mol. The maximum atomic E-state index is 12.4. The summed E-state index contributed by atoms with van der Waals surface area (Å²) in [5, 5.41) is 2.72. The average Bonchev–Trinajstić information content (AvgIpc) is 3.21. The van der Waals surface area contributed by atoms with Gasteiger partial charge in [-0.15, -0.1) is 0 Å². The summed E-state index contributed by atoms with van der Waals surface area (Å²) in [5.41, 5.74) is 1.15. The van der Waals surface area contributed by atoms with Gasteiger partial charge in [-0.25, -0.2) is 0 Å². The molecule has 6 heteroatoms. The van der Waals surface area contributed by atoms with Gasteiger partial charge in [-0.1, -0.05) is 0 Å². The van der Waals surface area contributed by atoms with Crippen LogP contribution in [0.25, 0.3) is 0 Å². The lowest BCUT2D eigenvalue weighted by molar-refractivity contribution is -0.118. The Labute approximate surface area is 125 Å². The molecule has 0 aromatic heterocycles. The summed E-state index contributed by atoms with van der Waals surface area (Å²) in [6.45, 7) is 0.778. The molecule has 0 spiro atoms. The van der Waals surface area contributed by atoms with E-state index in [2.05, 4.69) is 21.2 Å². The quantitative estimate of drug-likeness (QED) is 0.919. The summed E-state index contributed by atoms with van der Waals surface area (Å²) in [4.78, 5) is 25.4. The third kappa shape index (κ3) is 2.65. The second-order valence-electron chi connectivity index (χ2n) is 5.29. The molecule has 106 valence electrons. The van der Waals surface area contributed by atoms with Crippen LogP contribution in [-0.2, 0) is 4.79 Å². The third-order valence-electron chi connectivity index (χ3n) is 3.51. The molecule has 1 aliphatic carbocycles. The Morgan fingerprint density at radius 1 is 1.50 bits per heavy atom. The molecule has 1 N–H and O–H groups in total. The number of nitrogens with one attached hydrogen (secondary N) is 1. The summed E-state index contributed by atoms with van der Waals surface area (Å²) in [6.07, 6.45) is 2.41. The molecule has 1 aromatic rings. The minimum atomic E-state index is -0.186. The van der Waals surface area contributed by atoms with Crippen LogP contribution in [0, 0.1) is 5.92 Å². The average molecular weight is 339 g/mol. The second kappa shape index (κ2) is 5.09. The zero-order valence-electron chi connectivity index (χ0n) is 11.1. The number of rotatable bonds is 3. The van der Waals surface area contributed by atoms with E-state index in [1.54, 1.807) is 17.0 Å². The summed E-state index contributed by atoms with van der Waals surface area (Å²) in [5.74, 6) is 0.966. The maximum absolute atomic E-state index is 12.4. The molecule has 1 saturated carbocycles. The van der Waals surface area contributed by atoms with Crippen molar-refractivity contribution in [2.75, 3.05) is 25.5 Å². The van der Waals surface area contributed by atoms with E-state index in [1.807, 2.05) is 7.05 Å². The van der Waals surface area contributed by atoms with Crippen LogP contribution in [-0.4, -0.2) is 36.9 Å². The van der Waals surface area contributed by atoms with Crippen LogP contribution in [0.1, 0.15) is 23.2 Å². The first-order valence-electron chi connectivity index (χ1n) is 6.56. The van der Waals surface area contributed by atoms with Gasteiger partial charge in [0.2, 0.25) is 0 Å². The van der Waals surface area contributed by atoms with Gasteiger partial charge in [0.15, 0.2) is 6.61 Å². The number of carbonyl (C=O) groups is 2. The van der Waals surface area contributed by atoms with Gasteiger partial charge >= 0.3 is 0 Å². The fraction of sp³-hybridized carbons (Fsp3) is 0.429. The minimum Gasteiger partial charge on any atom is -0.482 e. The maximum Gasteiger partial charge on any atom is 0.262 e. The number of nitrogens with zero attached hydrogens (tertiary/aromatic N) is 1. The van der Waals surface area contributed by atoms with Gasteiger partial charge in [0.1, 0.15) is 5.75 Å². The van der Waals surface area contributed by atoms with E-state index in [9.17, 15) is 9.59 Å². The van der Waals surface area contributed by atoms with Gasteiger partial charge in [-0.05, 0) is 46.8 Å². The van der Waals surface area contributed by atoms with Crippen molar-refractivity contribution in [3.05, 3.63) is 22.2 Å². The molecule has 0 atom stereocenters. The highest BCUT2D eigenvalue weighted by Gasteiger charge is 2.27. The predicted molar refractivity (Wildman–Crippen MR) is 78.0 cm³/mol. The second-order valence-corrected chi connectivity index (χ2v) is 6.15. The number of fused-ring (bicyclic) bond motifs is 1. The first-order chi connectivity index (χ1) is 9.54. The number of benzene rings is 1. The molecular formula is C14H15BrN2O3. The Kier molecular flexibility index (Phi) is 3.41. The first kappa shape index (κ1) is 13.4. The van der Waals surface area contributed by atoms with Gasteiger partial charge < -0.3 is 15.0 Å². The highest BCUT2D eigenvalue weighted by atomic mass is 79.9. The largest absolute Gasteiger partial charge is 0.482 e. The topological polar surface area (TPSA) is 58.6 Å². The zero-order chi connectivity index (χ0) is 14.3. The van der Waals surface area contributed by atoms with Crippen LogP contribution in [0.3, 0.4) is 0 Å². The number of halogens is 1. The predicted octanol–water partition coefficient (Wildman–Crippen LogP) is 2.26. The lowest BCUT2D eigenvalue weighted by atomic mass is 10.1. The number of hydrogen-bond donors (Lipinski definition) is 1. The third-order valence-corrected chi connectivity index (χ3v) is 4.16. The fourth-order valence-corrected chi connectivity index (χ4v) is 2.75. The van der Waals surface area contributed by atoms with Crippen LogP contribution in [0.2, 0.25) is 0 Å². The van der Waals surface area contributed by atoms with Crippen LogP contribution >= 0.6 is 15.9 Å². The molecule has 2 aliphatic rings. The number of anilines is 1. The SMILES string of the molecule is CN(CC1CC1)C(=O)c1cc2c(cc1Br)NC(=O)CO2. The first-order valence-corrected chi connectivity index (χ1v) is 7.35. The summed E-state index contributed by atoms with van der Waals surface area (Å²) in [6, 6.07) is 3.40. The molecule has 2 amide bonds. The van der Waals surface area contributed by atoms with Crippen molar-refractivity contribution in [3.63, 3.8) is 0 Å². The van der Waals surface area contributed by atoms with Crippen molar-refractivity contribution in [2.45, 2.75) is 12.8 Å². The highest BCUT2D eigenvalue weighted by Crippen LogP contribution is 2.35. The van der Waals surface area contributed by atoms with E-state index in [4.69, 9.17) is 4.74 Å². The van der Waals surface area contributed by atoms with Gasteiger partial charge in [-0.3, -0.25) is 9.59 Å². The molecule has 5 nitrogen and oxygen atoms in total. The molecule has 20 heavy (non-hydrogen) atoms. The number of carbonyl (C=O) groups excluding carboxylic acids is 2. The van der Waals surface area contributed by atoms with Crippen LogP contribution in [0.4, 0.5) is 5.69 Å². The highest BCUT2D eigenvalue weighted by molar-refractivity contribution is 9.10. The fourth-order valence-electron chi connectivity index (χ4n) is 2.24. The van der Waals surface area contributed by atoms with E-state index in [1.165, 1.54) is 12.8 Å². The molecule has 3 rings (SSSR count). The van der Waals surface area contributed by atoms with Crippen LogP contribution in [0.5, 0.6) is 5.75 Å². The lowest BCUT2D eigenvalue weighted by Gasteiger charge is -2.22. The van der Waals surface area contributed by atoms with E-state index < -0.39 is 0 Å². The molecule has 0 unspecified atom stereocenters. The lowest BCUT2D eigenvalue weighted by Crippen LogP contribution is -2.30. The smallest absolute Gasteiger partial charge is 0.262 e. The van der Waals surface area contributed by atoms with Crippen LogP contribution < -0.4 is 10.1 Å². The normalized spacial score (nSPS) is 17.0. The van der Waals surface area contributed by atoms with Gasteiger partial charge in [-0.2, -0.15) is 0 Å².